The quantitative estimate of drug-likeness (QED) is 0.611. The molecule has 0 aromatic heterocycles. The van der Waals surface area contributed by atoms with Crippen LogP contribution in [0.2, 0.25) is 0 Å². The van der Waals surface area contributed by atoms with Crippen molar-refractivity contribution >= 4 is 15.9 Å². The third-order valence-electron chi connectivity index (χ3n) is 3.07. The largest absolute Gasteiger partial charge is 0.490 e. The zero-order valence-electron chi connectivity index (χ0n) is 13.7. The molecule has 4 heteroatoms. The van der Waals surface area contributed by atoms with Crippen LogP contribution in [-0.4, -0.2) is 19.8 Å². The van der Waals surface area contributed by atoms with E-state index >= 15 is 0 Å². The second-order valence-electron chi connectivity index (χ2n) is 5.55. The Labute approximate surface area is 137 Å². The van der Waals surface area contributed by atoms with Crippen LogP contribution < -0.4 is 14.8 Å². The molecule has 0 fully saturated rings. The predicted octanol–water partition coefficient (Wildman–Crippen LogP) is 4.77. The molecule has 0 aliphatic carbocycles. The summed E-state index contributed by atoms with van der Waals surface area (Å²) in [5.41, 5.74) is 1.20. The van der Waals surface area contributed by atoms with Crippen LogP contribution in [0.1, 0.15) is 46.1 Å². The zero-order valence-corrected chi connectivity index (χ0v) is 15.3. The van der Waals surface area contributed by atoms with Gasteiger partial charge in [0.2, 0.25) is 0 Å². The van der Waals surface area contributed by atoms with Crippen LogP contribution in [0.4, 0.5) is 0 Å². The summed E-state index contributed by atoms with van der Waals surface area (Å²) >= 11 is 3.61. The number of hydrogen-bond donors (Lipinski definition) is 1. The summed E-state index contributed by atoms with van der Waals surface area (Å²) in [5, 5.41) is 3.41. The highest BCUT2D eigenvalue weighted by atomic mass is 79.9. The van der Waals surface area contributed by atoms with Crippen molar-refractivity contribution in [3.05, 3.63) is 22.2 Å². The van der Waals surface area contributed by atoms with E-state index in [0.717, 1.165) is 41.9 Å². The van der Waals surface area contributed by atoms with Gasteiger partial charge in [0.15, 0.2) is 11.5 Å². The number of ether oxygens (including phenoxy) is 2. The minimum atomic E-state index is 0.636. The molecule has 1 rings (SSSR count). The maximum absolute atomic E-state index is 5.92. The average molecular weight is 358 g/mol. The number of halogens is 1. The van der Waals surface area contributed by atoms with E-state index in [1.54, 1.807) is 0 Å². The summed E-state index contributed by atoms with van der Waals surface area (Å²) in [6.07, 6.45) is 2.17. The lowest BCUT2D eigenvalue weighted by molar-refractivity contribution is 0.259. The van der Waals surface area contributed by atoms with E-state index in [1.807, 2.05) is 6.92 Å². The topological polar surface area (TPSA) is 30.5 Å². The summed E-state index contributed by atoms with van der Waals surface area (Å²) in [7, 11) is 0. The lowest BCUT2D eigenvalue weighted by Crippen LogP contribution is -2.14. The Bertz CT molecular complexity index is 421. The van der Waals surface area contributed by atoms with Crippen LogP contribution in [0.25, 0.3) is 0 Å². The average Bonchev–Trinajstić information content (AvgIpc) is 2.42. The zero-order chi connectivity index (χ0) is 15.7. The van der Waals surface area contributed by atoms with Gasteiger partial charge in [-0.2, -0.15) is 0 Å². The number of hydrogen-bond acceptors (Lipinski definition) is 3. The van der Waals surface area contributed by atoms with Gasteiger partial charge in [-0.05, 0) is 65.9 Å². The Morgan fingerprint density at radius 3 is 2.57 bits per heavy atom. The minimum absolute atomic E-state index is 0.636. The van der Waals surface area contributed by atoms with Crippen molar-refractivity contribution < 1.29 is 9.47 Å². The lowest BCUT2D eigenvalue weighted by atomic mass is 10.1. The summed E-state index contributed by atoms with van der Waals surface area (Å²) in [6.45, 7) is 11.8. The van der Waals surface area contributed by atoms with Gasteiger partial charge in [-0.3, -0.25) is 0 Å². The monoisotopic (exact) mass is 357 g/mol. The molecule has 120 valence electrons. The molecule has 0 bridgehead atoms. The molecule has 1 aromatic rings. The Morgan fingerprint density at radius 1 is 1.19 bits per heavy atom. The number of benzene rings is 1. The molecule has 0 amide bonds. The standard InChI is InChI=1S/C17H28BrNO2/c1-5-8-19-12-14-10-15(18)17(16(11-14)20-6-2)21-9-7-13(3)4/h10-11,13,19H,5-9,12H2,1-4H3. The predicted molar refractivity (Wildman–Crippen MR) is 92.3 cm³/mol. The molecule has 1 aromatic carbocycles. The van der Waals surface area contributed by atoms with Gasteiger partial charge in [-0.15, -0.1) is 0 Å². The molecule has 0 radical (unpaired) electrons. The van der Waals surface area contributed by atoms with Crippen LogP contribution in [0.3, 0.4) is 0 Å². The molecule has 0 aliphatic heterocycles. The Balaban J connectivity index is 2.80. The van der Waals surface area contributed by atoms with Gasteiger partial charge in [-0.25, -0.2) is 0 Å². The highest BCUT2D eigenvalue weighted by molar-refractivity contribution is 9.10. The third-order valence-corrected chi connectivity index (χ3v) is 3.66. The normalized spacial score (nSPS) is 11.0. The first-order chi connectivity index (χ1) is 10.1. The Morgan fingerprint density at radius 2 is 1.95 bits per heavy atom. The molecule has 0 spiro atoms. The van der Waals surface area contributed by atoms with Crippen LogP contribution in [0.15, 0.2) is 16.6 Å². The van der Waals surface area contributed by atoms with Crippen molar-refractivity contribution in [1.29, 1.82) is 0 Å². The van der Waals surface area contributed by atoms with Gasteiger partial charge in [0.25, 0.3) is 0 Å². The first-order valence-electron chi connectivity index (χ1n) is 7.87. The number of nitrogens with one attached hydrogen (secondary N) is 1. The second-order valence-corrected chi connectivity index (χ2v) is 6.40. The van der Waals surface area contributed by atoms with Gasteiger partial charge < -0.3 is 14.8 Å². The molecule has 1 N–H and O–H groups in total. The summed E-state index contributed by atoms with van der Waals surface area (Å²) < 4.78 is 12.6. The molecular weight excluding hydrogens is 330 g/mol. The smallest absolute Gasteiger partial charge is 0.175 e. The molecule has 3 nitrogen and oxygen atoms in total. The molecule has 0 unspecified atom stereocenters. The lowest BCUT2D eigenvalue weighted by Gasteiger charge is -2.16. The van der Waals surface area contributed by atoms with E-state index in [4.69, 9.17) is 9.47 Å². The summed E-state index contributed by atoms with van der Waals surface area (Å²) in [4.78, 5) is 0. The van der Waals surface area contributed by atoms with Crippen molar-refractivity contribution in [1.82, 2.24) is 5.32 Å². The molecule has 0 heterocycles. The van der Waals surface area contributed by atoms with Gasteiger partial charge in [0, 0.05) is 6.54 Å². The highest BCUT2D eigenvalue weighted by Crippen LogP contribution is 2.37. The third kappa shape index (κ3) is 6.70. The van der Waals surface area contributed by atoms with Crippen molar-refractivity contribution in [3.63, 3.8) is 0 Å². The van der Waals surface area contributed by atoms with Gasteiger partial charge in [0.05, 0.1) is 17.7 Å². The van der Waals surface area contributed by atoms with Gasteiger partial charge in [0.1, 0.15) is 0 Å². The van der Waals surface area contributed by atoms with E-state index in [2.05, 4.69) is 54.2 Å². The highest BCUT2D eigenvalue weighted by Gasteiger charge is 2.12. The van der Waals surface area contributed by atoms with Crippen LogP contribution in [0.5, 0.6) is 11.5 Å². The first kappa shape index (κ1) is 18.3. The van der Waals surface area contributed by atoms with E-state index in [0.29, 0.717) is 19.1 Å². The summed E-state index contributed by atoms with van der Waals surface area (Å²) in [6, 6.07) is 4.18. The fourth-order valence-electron chi connectivity index (χ4n) is 1.93. The van der Waals surface area contributed by atoms with Crippen LogP contribution in [-0.2, 0) is 6.54 Å². The summed E-state index contributed by atoms with van der Waals surface area (Å²) in [5.74, 6) is 2.28. The van der Waals surface area contributed by atoms with Gasteiger partial charge in [-0.1, -0.05) is 20.8 Å². The minimum Gasteiger partial charge on any atom is -0.490 e. The van der Waals surface area contributed by atoms with Crippen LogP contribution in [0, 0.1) is 5.92 Å². The molecular formula is C17H28BrNO2. The molecule has 0 saturated heterocycles. The van der Waals surface area contributed by atoms with E-state index in [-0.39, 0.29) is 0 Å². The van der Waals surface area contributed by atoms with Crippen molar-refractivity contribution in [2.24, 2.45) is 5.92 Å². The Kier molecular flexibility index (Phi) is 8.77. The maximum Gasteiger partial charge on any atom is 0.175 e. The molecule has 0 atom stereocenters. The SMILES string of the molecule is CCCNCc1cc(Br)c(OCCC(C)C)c(OCC)c1. The van der Waals surface area contributed by atoms with Crippen molar-refractivity contribution in [3.8, 4) is 11.5 Å². The fraction of sp³-hybridized carbons (Fsp3) is 0.647. The van der Waals surface area contributed by atoms with E-state index in [9.17, 15) is 0 Å². The van der Waals surface area contributed by atoms with Crippen LogP contribution >= 0.6 is 15.9 Å². The molecule has 0 saturated carbocycles. The first-order valence-corrected chi connectivity index (χ1v) is 8.66. The fourth-order valence-corrected chi connectivity index (χ4v) is 2.54. The van der Waals surface area contributed by atoms with E-state index < -0.39 is 0 Å². The second kappa shape index (κ2) is 10.1. The molecule has 0 aliphatic rings. The number of rotatable bonds is 10. The van der Waals surface area contributed by atoms with Crippen molar-refractivity contribution in [2.75, 3.05) is 19.8 Å². The molecule has 21 heavy (non-hydrogen) atoms. The maximum atomic E-state index is 5.92. The Hall–Kier alpha value is -0.740. The van der Waals surface area contributed by atoms with Crippen molar-refractivity contribution in [2.45, 2.75) is 47.1 Å². The van der Waals surface area contributed by atoms with E-state index in [1.165, 1.54) is 5.56 Å². The van der Waals surface area contributed by atoms with Gasteiger partial charge >= 0.3 is 0 Å².